The first-order valence-electron chi connectivity index (χ1n) is 8.38. The zero-order valence-electron chi connectivity index (χ0n) is 14.8. The zero-order chi connectivity index (χ0) is 17.8. The van der Waals surface area contributed by atoms with Gasteiger partial charge >= 0.3 is 0 Å². The molecule has 0 saturated carbocycles. The minimum atomic E-state index is 0.0304. The molecule has 1 amide bonds. The number of amides is 1. The van der Waals surface area contributed by atoms with Crippen molar-refractivity contribution in [1.29, 1.82) is 0 Å². The Morgan fingerprint density at radius 2 is 2.08 bits per heavy atom. The zero-order valence-corrected chi connectivity index (χ0v) is 14.8. The van der Waals surface area contributed by atoms with Crippen LogP contribution in [0.1, 0.15) is 19.8 Å². The maximum atomic E-state index is 12.4. The minimum absolute atomic E-state index is 0.0304. The van der Waals surface area contributed by atoms with Gasteiger partial charge in [-0.2, -0.15) is 4.80 Å². The van der Waals surface area contributed by atoms with Crippen LogP contribution in [0.5, 0.6) is 11.5 Å². The van der Waals surface area contributed by atoms with Crippen molar-refractivity contribution in [1.82, 2.24) is 25.1 Å². The summed E-state index contributed by atoms with van der Waals surface area (Å²) in [7, 11) is 3.16. The van der Waals surface area contributed by atoms with E-state index >= 15 is 0 Å². The van der Waals surface area contributed by atoms with E-state index in [1.807, 2.05) is 11.0 Å². The van der Waals surface area contributed by atoms with Crippen LogP contribution in [0.3, 0.4) is 0 Å². The quantitative estimate of drug-likeness (QED) is 0.819. The number of nitrogens with zero attached hydrogens (tertiary/aromatic N) is 5. The number of carbonyl (C=O) groups excluding carboxylic acids is 1. The van der Waals surface area contributed by atoms with E-state index in [-0.39, 0.29) is 12.5 Å². The van der Waals surface area contributed by atoms with Crippen molar-refractivity contribution in [3.8, 4) is 22.9 Å². The molecule has 0 bridgehead atoms. The summed E-state index contributed by atoms with van der Waals surface area (Å²) >= 11 is 0. The number of hydrogen-bond donors (Lipinski definition) is 0. The Balaban J connectivity index is 1.71. The van der Waals surface area contributed by atoms with E-state index in [0.29, 0.717) is 23.2 Å². The second-order valence-corrected chi connectivity index (χ2v) is 6.30. The van der Waals surface area contributed by atoms with Gasteiger partial charge in [0.05, 0.1) is 14.2 Å². The molecule has 134 valence electrons. The molecule has 1 aliphatic rings. The highest BCUT2D eigenvalue weighted by Crippen LogP contribution is 2.30. The lowest BCUT2D eigenvalue weighted by atomic mass is 10.0. The maximum absolute atomic E-state index is 12.4. The largest absolute Gasteiger partial charge is 0.493 e. The average molecular weight is 345 g/mol. The van der Waals surface area contributed by atoms with Gasteiger partial charge in [-0.1, -0.05) is 6.92 Å². The first-order chi connectivity index (χ1) is 12.1. The molecular weight excluding hydrogens is 322 g/mol. The molecule has 8 nitrogen and oxygen atoms in total. The summed E-state index contributed by atoms with van der Waals surface area (Å²) < 4.78 is 10.5. The van der Waals surface area contributed by atoms with Crippen LogP contribution in [0, 0.1) is 5.92 Å². The van der Waals surface area contributed by atoms with Crippen molar-refractivity contribution in [3.63, 3.8) is 0 Å². The molecule has 1 saturated heterocycles. The smallest absolute Gasteiger partial charge is 0.246 e. The van der Waals surface area contributed by atoms with Crippen LogP contribution >= 0.6 is 0 Å². The van der Waals surface area contributed by atoms with Crippen LogP contribution < -0.4 is 9.47 Å². The Morgan fingerprint density at radius 3 is 2.80 bits per heavy atom. The molecule has 0 unspecified atom stereocenters. The molecule has 2 heterocycles. The highest BCUT2D eigenvalue weighted by atomic mass is 16.5. The SMILES string of the molecule is COc1ccc(-c2nnn(CC(=O)N3CCC[C@@H](C)C3)n2)cc1OC. The molecule has 1 aliphatic heterocycles. The Hall–Kier alpha value is -2.64. The molecule has 0 N–H and O–H groups in total. The average Bonchev–Trinajstić information content (AvgIpc) is 3.09. The number of ether oxygens (including phenoxy) is 2. The third kappa shape index (κ3) is 3.89. The summed E-state index contributed by atoms with van der Waals surface area (Å²) in [6, 6.07) is 5.40. The molecule has 3 rings (SSSR count). The molecule has 1 fully saturated rings. The molecule has 0 aliphatic carbocycles. The highest BCUT2D eigenvalue weighted by molar-refractivity contribution is 5.76. The van der Waals surface area contributed by atoms with Crippen molar-refractivity contribution < 1.29 is 14.3 Å². The molecule has 1 atom stereocenters. The van der Waals surface area contributed by atoms with Crippen LogP contribution in [0.2, 0.25) is 0 Å². The lowest BCUT2D eigenvalue weighted by Crippen LogP contribution is -2.41. The van der Waals surface area contributed by atoms with Crippen molar-refractivity contribution in [2.24, 2.45) is 5.92 Å². The summed E-state index contributed by atoms with van der Waals surface area (Å²) in [5, 5.41) is 12.4. The van der Waals surface area contributed by atoms with Gasteiger partial charge in [-0.25, -0.2) is 0 Å². The van der Waals surface area contributed by atoms with Gasteiger partial charge in [-0.3, -0.25) is 4.79 Å². The van der Waals surface area contributed by atoms with Gasteiger partial charge in [0, 0.05) is 18.7 Å². The predicted molar refractivity (Wildman–Crippen MR) is 91.3 cm³/mol. The van der Waals surface area contributed by atoms with Crippen molar-refractivity contribution >= 4 is 5.91 Å². The van der Waals surface area contributed by atoms with Gasteiger partial charge in [-0.15, -0.1) is 10.2 Å². The van der Waals surface area contributed by atoms with E-state index in [9.17, 15) is 4.79 Å². The van der Waals surface area contributed by atoms with Gasteiger partial charge in [0.2, 0.25) is 11.7 Å². The number of rotatable bonds is 5. The fourth-order valence-electron chi connectivity index (χ4n) is 3.04. The second-order valence-electron chi connectivity index (χ2n) is 6.30. The van der Waals surface area contributed by atoms with E-state index in [4.69, 9.17) is 9.47 Å². The Kier molecular flexibility index (Phi) is 5.16. The van der Waals surface area contributed by atoms with Crippen LogP contribution in [0.4, 0.5) is 0 Å². The first-order valence-corrected chi connectivity index (χ1v) is 8.38. The van der Waals surface area contributed by atoms with Gasteiger partial charge in [0.25, 0.3) is 0 Å². The fraction of sp³-hybridized carbons (Fsp3) is 0.529. The van der Waals surface area contributed by atoms with E-state index in [2.05, 4.69) is 22.3 Å². The molecule has 2 aromatic rings. The summed E-state index contributed by atoms with van der Waals surface area (Å²) in [5.41, 5.74) is 0.753. The molecule has 1 aromatic carbocycles. The molecule has 0 spiro atoms. The third-order valence-electron chi connectivity index (χ3n) is 4.38. The topological polar surface area (TPSA) is 82.4 Å². The summed E-state index contributed by atoms with van der Waals surface area (Å²) in [5.74, 6) is 2.25. The van der Waals surface area contributed by atoms with Gasteiger partial charge in [-0.05, 0) is 42.2 Å². The number of aromatic nitrogens is 4. The lowest BCUT2D eigenvalue weighted by molar-refractivity contribution is -0.134. The van der Waals surface area contributed by atoms with E-state index in [1.165, 1.54) is 11.2 Å². The monoisotopic (exact) mass is 345 g/mol. The Labute approximate surface area is 146 Å². The minimum Gasteiger partial charge on any atom is -0.493 e. The summed E-state index contributed by atoms with van der Waals surface area (Å²) in [6.07, 6.45) is 2.23. The van der Waals surface area contributed by atoms with E-state index in [0.717, 1.165) is 25.1 Å². The predicted octanol–water partition coefficient (Wildman–Crippen LogP) is 1.62. The van der Waals surface area contributed by atoms with Crippen LogP contribution in [-0.2, 0) is 11.3 Å². The van der Waals surface area contributed by atoms with Crippen LogP contribution in [0.25, 0.3) is 11.4 Å². The molecule has 1 aromatic heterocycles. The number of piperidine rings is 1. The number of tetrazole rings is 1. The molecule has 8 heteroatoms. The maximum Gasteiger partial charge on any atom is 0.246 e. The van der Waals surface area contributed by atoms with Crippen LogP contribution in [-0.4, -0.2) is 58.3 Å². The standard InChI is InChI=1S/C17H23N5O3/c1-12-5-4-8-21(10-12)16(23)11-22-19-17(18-20-22)13-6-7-14(24-2)15(9-13)25-3/h6-7,9,12H,4-5,8,10-11H2,1-3H3/t12-/m1/s1. The van der Waals surface area contributed by atoms with Crippen molar-refractivity contribution in [2.45, 2.75) is 26.3 Å². The molecule has 0 radical (unpaired) electrons. The molecule has 25 heavy (non-hydrogen) atoms. The number of carbonyl (C=O) groups is 1. The number of methoxy groups -OCH3 is 2. The normalized spacial score (nSPS) is 17.4. The Bertz CT molecular complexity index is 746. The first kappa shape index (κ1) is 17.2. The number of likely N-dealkylation sites (tertiary alicyclic amines) is 1. The summed E-state index contributed by atoms with van der Waals surface area (Å²) in [6.45, 7) is 3.88. The van der Waals surface area contributed by atoms with E-state index < -0.39 is 0 Å². The van der Waals surface area contributed by atoms with Gasteiger partial charge in [0.1, 0.15) is 6.54 Å². The third-order valence-corrected chi connectivity index (χ3v) is 4.38. The van der Waals surface area contributed by atoms with E-state index in [1.54, 1.807) is 26.4 Å². The van der Waals surface area contributed by atoms with Gasteiger partial charge < -0.3 is 14.4 Å². The fourth-order valence-corrected chi connectivity index (χ4v) is 3.04. The number of benzene rings is 1. The van der Waals surface area contributed by atoms with Crippen molar-refractivity contribution in [2.75, 3.05) is 27.3 Å². The number of hydrogen-bond acceptors (Lipinski definition) is 6. The highest BCUT2D eigenvalue weighted by Gasteiger charge is 2.22. The van der Waals surface area contributed by atoms with Crippen molar-refractivity contribution in [3.05, 3.63) is 18.2 Å². The van der Waals surface area contributed by atoms with Crippen LogP contribution in [0.15, 0.2) is 18.2 Å². The van der Waals surface area contributed by atoms with Gasteiger partial charge in [0.15, 0.2) is 11.5 Å². The molecular formula is C17H23N5O3. The summed E-state index contributed by atoms with van der Waals surface area (Å²) in [4.78, 5) is 15.6. The Morgan fingerprint density at radius 1 is 1.28 bits per heavy atom. The second kappa shape index (κ2) is 7.50. The lowest BCUT2D eigenvalue weighted by Gasteiger charge is -2.30.